The fourth-order valence-corrected chi connectivity index (χ4v) is 2.78. The predicted molar refractivity (Wildman–Crippen MR) is 84.0 cm³/mol. The summed E-state index contributed by atoms with van der Waals surface area (Å²) in [6.45, 7) is 0.695. The second-order valence-corrected chi connectivity index (χ2v) is 7.04. The van der Waals surface area contributed by atoms with Gasteiger partial charge in [0, 0.05) is 5.56 Å². The van der Waals surface area contributed by atoms with Crippen molar-refractivity contribution in [1.29, 1.82) is 5.26 Å². The van der Waals surface area contributed by atoms with Crippen LogP contribution >= 0.6 is 0 Å². The molecule has 0 aromatic carbocycles. The van der Waals surface area contributed by atoms with Crippen LogP contribution in [0.25, 0.3) is 0 Å². The zero-order valence-corrected chi connectivity index (χ0v) is 13.1. The number of pyridine rings is 1. The highest BCUT2D eigenvalue weighted by Crippen LogP contribution is 2.44. The third-order valence-electron chi connectivity index (χ3n) is 4.81. The number of carbonyl (C=O) groups is 1. The van der Waals surface area contributed by atoms with Crippen LogP contribution in [0.3, 0.4) is 0 Å². The fourth-order valence-electron chi connectivity index (χ4n) is 2.78. The molecule has 5 heteroatoms. The molecule has 1 aromatic heterocycles. The van der Waals surface area contributed by atoms with E-state index in [1.165, 1.54) is 25.7 Å². The average Bonchev–Trinajstić information content (AvgIpc) is 3.40. The van der Waals surface area contributed by atoms with Gasteiger partial charge in [-0.05, 0) is 62.3 Å². The smallest absolute Gasteiger partial charge is 0.271 e. The molecule has 1 N–H and O–H groups in total. The van der Waals surface area contributed by atoms with Crippen LogP contribution < -0.4 is 10.1 Å². The highest BCUT2D eigenvalue weighted by Gasteiger charge is 2.33. The molecular weight excluding hydrogens is 290 g/mol. The number of rotatable bonds is 7. The lowest BCUT2D eigenvalue weighted by atomic mass is 10.1. The molecular formula is C18H21N3O2. The number of aromatic nitrogens is 1. The molecule has 0 spiro atoms. The largest absolute Gasteiger partial charge is 0.477 e. The Morgan fingerprint density at radius 2 is 2.09 bits per heavy atom. The number of amides is 1. The van der Waals surface area contributed by atoms with E-state index < -0.39 is 6.04 Å². The first-order valence-electron chi connectivity index (χ1n) is 8.59. The van der Waals surface area contributed by atoms with Crippen molar-refractivity contribution in [3.05, 3.63) is 23.4 Å². The number of nitrogens with zero attached hydrogens (tertiary/aromatic N) is 2. The van der Waals surface area contributed by atoms with Crippen molar-refractivity contribution in [2.75, 3.05) is 6.61 Å². The molecule has 3 aliphatic rings. The molecule has 3 fully saturated rings. The van der Waals surface area contributed by atoms with Gasteiger partial charge in [0.1, 0.15) is 11.7 Å². The molecule has 3 aliphatic carbocycles. The molecule has 120 valence electrons. The fraction of sp³-hybridized carbons (Fsp3) is 0.611. The standard InChI is InChI=1S/C18H21N3O2/c19-9-16(13-5-6-13)20-17(22)15-8-7-14(12-3-4-12)18(21-15)23-10-11-1-2-11/h7-8,11-13,16H,1-6,10H2,(H,20,22)/t16-/m0/s1. The zero-order valence-electron chi connectivity index (χ0n) is 13.1. The number of ether oxygens (including phenoxy) is 1. The molecule has 1 atom stereocenters. The molecule has 0 unspecified atom stereocenters. The van der Waals surface area contributed by atoms with Gasteiger partial charge in [0.05, 0.1) is 12.7 Å². The molecule has 1 aromatic rings. The number of hydrogen-bond acceptors (Lipinski definition) is 4. The van der Waals surface area contributed by atoms with Crippen molar-refractivity contribution in [1.82, 2.24) is 10.3 Å². The van der Waals surface area contributed by atoms with Crippen molar-refractivity contribution >= 4 is 5.91 Å². The van der Waals surface area contributed by atoms with E-state index in [1.807, 2.05) is 6.07 Å². The van der Waals surface area contributed by atoms with Gasteiger partial charge in [-0.25, -0.2) is 4.98 Å². The Bertz CT molecular complexity index is 655. The first-order chi connectivity index (χ1) is 11.2. The zero-order chi connectivity index (χ0) is 15.8. The quantitative estimate of drug-likeness (QED) is 0.840. The third kappa shape index (κ3) is 3.47. The minimum Gasteiger partial charge on any atom is -0.477 e. The Hall–Kier alpha value is -2.09. The topological polar surface area (TPSA) is 75.0 Å². The van der Waals surface area contributed by atoms with Gasteiger partial charge in [-0.2, -0.15) is 5.26 Å². The molecule has 4 rings (SSSR count). The van der Waals surface area contributed by atoms with Gasteiger partial charge < -0.3 is 10.1 Å². The summed E-state index contributed by atoms with van der Waals surface area (Å²) in [5, 5.41) is 11.9. The monoisotopic (exact) mass is 311 g/mol. The van der Waals surface area contributed by atoms with E-state index in [-0.39, 0.29) is 5.91 Å². The third-order valence-corrected chi connectivity index (χ3v) is 4.81. The second-order valence-electron chi connectivity index (χ2n) is 7.04. The summed E-state index contributed by atoms with van der Waals surface area (Å²) in [5.41, 5.74) is 1.47. The van der Waals surface area contributed by atoms with Crippen molar-refractivity contribution in [2.45, 2.75) is 50.5 Å². The maximum atomic E-state index is 12.4. The first kappa shape index (κ1) is 14.5. The summed E-state index contributed by atoms with van der Waals surface area (Å²) in [6, 6.07) is 5.51. The van der Waals surface area contributed by atoms with Gasteiger partial charge in [-0.3, -0.25) is 4.79 Å². The van der Waals surface area contributed by atoms with Gasteiger partial charge >= 0.3 is 0 Å². The van der Waals surface area contributed by atoms with Crippen LogP contribution in [0.5, 0.6) is 5.88 Å². The Morgan fingerprint density at radius 3 is 2.70 bits per heavy atom. The molecule has 1 heterocycles. The highest BCUT2D eigenvalue weighted by molar-refractivity contribution is 5.93. The molecule has 0 saturated heterocycles. The SMILES string of the molecule is N#C[C@H](NC(=O)c1ccc(C2CC2)c(OCC2CC2)n1)C1CC1. The minimum absolute atomic E-state index is 0.276. The molecule has 23 heavy (non-hydrogen) atoms. The van der Waals surface area contributed by atoms with Gasteiger partial charge in [0.2, 0.25) is 5.88 Å². The van der Waals surface area contributed by atoms with Gasteiger partial charge in [0.15, 0.2) is 0 Å². The van der Waals surface area contributed by atoms with Crippen molar-refractivity contribution in [3.63, 3.8) is 0 Å². The van der Waals surface area contributed by atoms with E-state index in [0.29, 0.717) is 35.9 Å². The second kappa shape index (κ2) is 5.84. The number of nitriles is 1. The number of nitrogens with one attached hydrogen (secondary N) is 1. The van der Waals surface area contributed by atoms with E-state index in [1.54, 1.807) is 6.07 Å². The predicted octanol–water partition coefficient (Wildman–Crippen LogP) is 2.78. The van der Waals surface area contributed by atoms with E-state index in [4.69, 9.17) is 10.00 Å². The highest BCUT2D eigenvalue weighted by atomic mass is 16.5. The van der Waals surface area contributed by atoms with Gasteiger partial charge in [-0.1, -0.05) is 6.07 Å². The lowest BCUT2D eigenvalue weighted by molar-refractivity contribution is 0.0935. The number of carbonyl (C=O) groups excluding carboxylic acids is 1. The summed E-state index contributed by atoms with van der Waals surface area (Å²) in [5.74, 6) is 1.83. The van der Waals surface area contributed by atoms with Crippen LogP contribution in [0.4, 0.5) is 0 Å². The van der Waals surface area contributed by atoms with Crippen molar-refractivity contribution in [2.24, 2.45) is 11.8 Å². The van der Waals surface area contributed by atoms with Crippen LogP contribution in [-0.2, 0) is 0 Å². The lowest BCUT2D eigenvalue weighted by Crippen LogP contribution is -2.35. The summed E-state index contributed by atoms with van der Waals surface area (Å²) in [4.78, 5) is 16.8. The summed E-state index contributed by atoms with van der Waals surface area (Å²) in [6.07, 6.45) is 6.83. The summed E-state index contributed by atoms with van der Waals surface area (Å²) >= 11 is 0. The van der Waals surface area contributed by atoms with Crippen LogP contribution in [-0.4, -0.2) is 23.5 Å². The van der Waals surface area contributed by atoms with Gasteiger partial charge in [-0.15, -0.1) is 0 Å². The normalized spacial score (nSPS) is 21.3. The maximum Gasteiger partial charge on any atom is 0.271 e. The Balaban J connectivity index is 1.49. The average molecular weight is 311 g/mol. The summed E-state index contributed by atoms with van der Waals surface area (Å²) in [7, 11) is 0. The van der Waals surface area contributed by atoms with Crippen LogP contribution in [0.2, 0.25) is 0 Å². The van der Waals surface area contributed by atoms with E-state index in [9.17, 15) is 4.79 Å². The molecule has 0 radical (unpaired) electrons. The molecule has 1 amide bonds. The number of hydrogen-bond donors (Lipinski definition) is 1. The minimum atomic E-state index is -0.400. The van der Waals surface area contributed by atoms with Crippen LogP contribution in [0.1, 0.15) is 60.5 Å². The molecule has 0 aliphatic heterocycles. The van der Waals surface area contributed by atoms with E-state index >= 15 is 0 Å². The van der Waals surface area contributed by atoms with Crippen molar-refractivity contribution in [3.8, 4) is 11.9 Å². The Labute approximate surface area is 136 Å². The molecule has 0 bridgehead atoms. The van der Waals surface area contributed by atoms with E-state index in [0.717, 1.165) is 18.4 Å². The van der Waals surface area contributed by atoms with Crippen molar-refractivity contribution < 1.29 is 9.53 Å². The maximum absolute atomic E-state index is 12.4. The van der Waals surface area contributed by atoms with Gasteiger partial charge in [0.25, 0.3) is 5.91 Å². The van der Waals surface area contributed by atoms with Crippen LogP contribution in [0.15, 0.2) is 12.1 Å². The lowest BCUT2D eigenvalue weighted by Gasteiger charge is -2.13. The van der Waals surface area contributed by atoms with Crippen LogP contribution in [0, 0.1) is 23.2 Å². The molecule has 5 nitrogen and oxygen atoms in total. The first-order valence-corrected chi connectivity index (χ1v) is 8.59. The van der Waals surface area contributed by atoms with E-state index in [2.05, 4.69) is 16.4 Å². The Kier molecular flexibility index (Phi) is 3.68. The summed E-state index contributed by atoms with van der Waals surface area (Å²) < 4.78 is 5.89. The Morgan fingerprint density at radius 1 is 1.30 bits per heavy atom. The molecule has 3 saturated carbocycles.